The Morgan fingerprint density at radius 2 is 2.05 bits per heavy atom. The van der Waals surface area contributed by atoms with E-state index in [1.54, 1.807) is 19.2 Å². The molecule has 0 spiro atoms. The largest absolute Gasteiger partial charge is 0.492 e. The lowest BCUT2D eigenvalue weighted by Gasteiger charge is -2.13. The molecule has 0 atom stereocenters. The Balaban J connectivity index is 2.71. The van der Waals surface area contributed by atoms with Crippen LogP contribution in [0, 0.1) is 0 Å². The molecule has 0 aromatic heterocycles. The number of benzene rings is 1. The molecule has 1 N–H and O–H groups in total. The van der Waals surface area contributed by atoms with E-state index in [2.05, 4.69) is 21.2 Å². The van der Waals surface area contributed by atoms with Gasteiger partial charge in [-0.05, 0) is 48.3 Å². The molecule has 118 valence electrons. The second-order valence-corrected chi connectivity index (χ2v) is 5.08. The quantitative estimate of drug-likeness (QED) is 0.688. The summed E-state index contributed by atoms with van der Waals surface area (Å²) < 4.78 is 16.7. The summed E-state index contributed by atoms with van der Waals surface area (Å²) in [6, 6.07) is 3.41. The molecular weight excluding hydrogens is 338 g/mol. The summed E-state index contributed by atoms with van der Waals surface area (Å²) in [6.45, 7) is 6.25. The molecule has 0 unspecified atom stereocenters. The number of carbonyl (C=O) groups excluding carboxylic acids is 1. The second kappa shape index (κ2) is 9.63. The summed E-state index contributed by atoms with van der Waals surface area (Å²) in [5.74, 6) is 0.995. The van der Waals surface area contributed by atoms with Crippen LogP contribution >= 0.6 is 15.9 Å². The molecule has 21 heavy (non-hydrogen) atoms. The third kappa shape index (κ3) is 5.55. The van der Waals surface area contributed by atoms with Gasteiger partial charge in [0.25, 0.3) is 5.91 Å². The predicted molar refractivity (Wildman–Crippen MR) is 85.3 cm³/mol. The normalized spacial score (nSPS) is 10.3. The van der Waals surface area contributed by atoms with Crippen LogP contribution in [0.1, 0.15) is 30.6 Å². The maximum atomic E-state index is 12.1. The zero-order valence-corrected chi connectivity index (χ0v) is 14.3. The lowest BCUT2D eigenvalue weighted by atomic mass is 10.2. The molecule has 0 heterocycles. The first kappa shape index (κ1) is 17.8. The van der Waals surface area contributed by atoms with Gasteiger partial charge in [-0.25, -0.2) is 0 Å². The van der Waals surface area contributed by atoms with Crippen LogP contribution in [0.3, 0.4) is 0 Å². The van der Waals surface area contributed by atoms with Crippen molar-refractivity contribution in [2.24, 2.45) is 0 Å². The number of amides is 1. The van der Waals surface area contributed by atoms with Crippen LogP contribution in [-0.2, 0) is 4.74 Å². The van der Waals surface area contributed by atoms with E-state index >= 15 is 0 Å². The van der Waals surface area contributed by atoms with Gasteiger partial charge in [-0.3, -0.25) is 4.79 Å². The van der Waals surface area contributed by atoms with Gasteiger partial charge in [0.1, 0.15) is 0 Å². The summed E-state index contributed by atoms with van der Waals surface area (Å²) in [5, 5.41) is 2.86. The van der Waals surface area contributed by atoms with E-state index in [9.17, 15) is 4.79 Å². The average Bonchev–Trinajstić information content (AvgIpc) is 2.47. The Morgan fingerprint density at radius 1 is 1.29 bits per heavy atom. The van der Waals surface area contributed by atoms with Crippen LogP contribution in [0.15, 0.2) is 16.6 Å². The van der Waals surface area contributed by atoms with Gasteiger partial charge in [-0.15, -0.1) is 0 Å². The molecule has 0 saturated heterocycles. The van der Waals surface area contributed by atoms with E-state index in [-0.39, 0.29) is 5.91 Å². The third-order valence-corrected chi connectivity index (χ3v) is 3.32. The van der Waals surface area contributed by atoms with Crippen LogP contribution in [-0.4, -0.2) is 39.4 Å². The summed E-state index contributed by atoms with van der Waals surface area (Å²) in [6.07, 6.45) is 0.787. The number of hydrogen-bond donors (Lipinski definition) is 1. The zero-order chi connectivity index (χ0) is 15.7. The number of carbonyl (C=O) groups is 1. The van der Waals surface area contributed by atoms with Crippen molar-refractivity contribution in [2.45, 2.75) is 20.3 Å². The Morgan fingerprint density at radius 3 is 2.67 bits per heavy atom. The van der Waals surface area contributed by atoms with Crippen molar-refractivity contribution in [3.63, 3.8) is 0 Å². The molecule has 0 saturated carbocycles. The van der Waals surface area contributed by atoms with Gasteiger partial charge in [0.15, 0.2) is 11.5 Å². The van der Waals surface area contributed by atoms with Gasteiger partial charge >= 0.3 is 0 Å². The molecular formula is C15H22BrNO4. The number of rotatable bonds is 9. The Bertz CT molecular complexity index is 465. The van der Waals surface area contributed by atoms with Crippen LogP contribution in [0.2, 0.25) is 0 Å². The molecule has 1 aromatic carbocycles. The maximum absolute atomic E-state index is 12.1. The van der Waals surface area contributed by atoms with Crippen molar-refractivity contribution in [1.82, 2.24) is 5.32 Å². The minimum atomic E-state index is -0.143. The Labute approximate surface area is 134 Å². The molecule has 0 radical (unpaired) electrons. The SMILES string of the molecule is CCOCCCNC(=O)c1cc(Br)c(OC)c(OCC)c1. The predicted octanol–water partition coefficient (Wildman–Crippen LogP) is 3.01. The van der Waals surface area contributed by atoms with Crippen LogP contribution in [0.5, 0.6) is 11.5 Å². The van der Waals surface area contributed by atoms with Crippen molar-refractivity contribution < 1.29 is 19.0 Å². The third-order valence-electron chi connectivity index (χ3n) is 2.73. The number of ether oxygens (including phenoxy) is 3. The fraction of sp³-hybridized carbons (Fsp3) is 0.533. The van der Waals surface area contributed by atoms with Gasteiger partial charge in [-0.2, -0.15) is 0 Å². The van der Waals surface area contributed by atoms with Gasteiger partial charge in [0, 0.05) is 25.3 Å². The topological polar surface area (TPSA) is 56.8 Å². The number of nitrogens with one attached hydrogen (secondary N) is 1. The summed E-state index contributed by atoms with van der Waals surface area (Å²) >= 11 is 3.39. The average molecular weight is 360 g/mol. The van der Waals surface area contributed by atoms with Gasteiger partial charge in [0.2, 0.25) is 0 Å². The van der Waals surface area contributed by atoms with Crippen LogP contribution in [0.25, 0.3) is 0 Å². The minimum absolute atomic E-state index is 0.143. The molecule has 0 aliphatic rings. The monoisotopic (exact) mass is 359 g/mol. The lowest BCUT2D eigenvalue weighted by molar-refractivity contribution is 0.0943. The summed E-state index contributed by atoms with van der Waals surface area (Å²) in [7, 11) is 1.57. The Hall–Kier alpha value is -1.27. The standard InChI is InChI=1S/C15H22BrNO4/c1-4-20-8-6-7-17-15(18)11-9-12(16)14(19-3)13(10-11)21-5-2/h9-10H,4-8H2,1-3H3,(H,17,18). The molecule has 0 fully saturated rings. The Kier molecular flexibility index (Phi) is 8.15. The smallest absolute Gasteiger partial charge is 0.251 e. The number of hydrogen-bond acceptors (Lipinski definition) is 4. The van der Waals surface area contributed by atoms with Crippen molar-refractivity contribution >= 4 is 21.8 Å². The van der Waals surface area contributed by atoms with E-state index in [1.807, 2.05) is 13.8 Å². The fourth-order valence-electron chi connectivity index (χ4n) is 1.78. The zero-order valence-electron chi connectivity index (χ0n) is 12.7. The van der Waals surface area contributed by atoms with E-state index in [0.29, 0.717) is 47.9 Å². The van der Waals surface area contributed by atoms with Gasteiger partial charge in [-0.1, -0.05) is 0 Å². The van der Waals surface area contributed by atoms with Crippen LogP contribution in [0.4, 0.5) is 0 Å². The van der Waals surface area contributed by atoms with E-state index in [4.69, 9.17) is 14.2 Å². The highest BCUT2D eigenvalue weighted by Crippen LogP contribution is 2.36. The first-order chi connectivity index (χ1) is 10.1. The first-order valence-electron chi connectivity index (χ1n) is 7.00. The fourth-order valence-corrected chi connectivity index (χ4v) is 2.39. The van der Waals surface area contributed by atoms with Crippen molar-refractivity contribution in [1.29, 1.82) is 0 Å². The summed E-state index contributed by atoms with van der Waals surface area (Å²) in [5.41, 5.74) is 0.530. The minimum Gasteiger partial charge on any atom is -0.492 e. The van der Waals surface area contributed by atoms with Crippen molar-refractivity contribution in [3.05, 3.63) is 22.2 Å². The molecule has 5 nitrogen and oxygen atoms in total. The molecule has 1 rings (SSSR count). The van der Waals surface area contributed by atoms with Crippen molar-refractivity contribution in [3.8, 4) is 11.5 Å². The molecule has 1 aromatic rings. The van der Waals surface area contributed by atoms with E-state index < -0.39 is 0 Å². The van der Waals surface area contributed by atoms with Crippen LogP contribution < -0.4 is 14.8 Å². The second-order valence-electron chi connectivity index (χ2n) is 4.23. The van der Waals surface area contributed by atoms with Gasteiger partial charge < -0.3 is 19.5 Å². The van der Waals surface area contributed by atoms with Gasteiger partial charge in [0.05, 0.1) is 18.2 Å². The highest BCUT2D eigenvalue weighted by Gasteiger charge is 2.15. The molecule has 6 heteroatoms. The maximum Gasteiger partial charge on any atom is 0.251 e. The van der Waals surface area contributed by atoms with E-state index in [1.165, 1.54) is 0 Å². The van der Waals surface area contributed by atoms with E-state index in [0.717, 1.165) is 6.42 Å². The number of halogens is 1. The molecule has 1 amide bonds. The molecule has 0 aliphatic carbocycles. The first-order valence-corrected chi connectivity index (χ1v) is 7.79. The highest BCUT2D eigenvalue weighted by molar-refractivity contribution is 9.10. The molecule has 0 bridgehead atoms. The highest BCUT2D eigenvalue weighted by atomic mass is 79.9. The van der Waals surface area contributed by atoms with Crippen molar-refractivity contribution in [2.75, 3.05) is 33.5 Å². The lowest BCUT2D eigenvalue weighted by Crippen LogP contribution is -2.25. The molecule has 0 aliphatic heterocycles. The summed E-state index contributed by atoms with van der Waals surface area (Å²) in [4.78, 5) is 12.1. The number of methoxy groups -OCH3 is 1.